The van der Waals surface area contributed by atoms with Gasteiger partial charge in [-0.2, -0.15) is 0 Å². The Kier molecular flexibility index (Phi) is 4.15. The summed E-state index contributed by atoms with van der Waals surface area (Å²) in [6, 6.07) is 2.52. The molecule has 1 atom stereocenters. The predicted molar refractivity (Wildman–Crippen MR) is 67.7 cm³/mol. The van der Waals surface area contributed by atoms with Gasteiger partial charge in [-0.3, -0.25) is 0 Å². The van der Waals surface area contributed by atoms with Crippen molar-refractivity contribution in [2.45, 2.75) is 38.1 Å². The van der Waals surface area contributed by atoms with Gasteiger partial charge in [0, 0.05) is 11.6 Å². The first-order chi connectivity index (χ1) is 8.09. The Labute approximate surface area is 109 Å². The Morgan fingerprint density at radius 1 is 1.29 bits per heavy atom. The highest BCUT2D eigenvalue weighted by molar-refractivity contribution is 9.10. The van der Waals surface area contributed by atoms with Crippen molar-refractivity contribution in [3.05, 3.63) is 33.8 Å². The molecule has 0 aliphatic heterocycles. The van der Waals surface area contributed by atoms with E-state index in [1.807, 2.05) is 0 Å². The van der Waals surface area contributed by atoms with Crippen LogP contribution in [0, 0.1) is 17.6 Å². The van der Waals surface area contributed by atoms with Crippen LogP contribution in [0.5, 0.6) is 0 Å². The van der Waals surface area contributed by atoms with Crippen LogP contribution in [0.3, 0.4) is 0 Å². The third-order valence-corrected chi connectivity index (χ3v) is 4.20. The van der Waals surface area contributed by atoms with E-state index in [1.165, 1.54) is 25.0 Å². The smallest absolute Gasteiger partial charge is 0.143 e. The summed E-state index contributed by atoms with van der Waals surface area (Å²) in [4.78, 5) is 0. The van der Waals surface area contributed by atoms with Gasteiger partial charge in [-0.15, -0.1) is 0 Å². The van der Waals surface area contributed by atoms with Gasteiger partial charge in [-0.1, -0.05) is 12.8 Å². The van der Waals surface area contributed by atoms with Crippen molar-refractivity contribution < 1.29 is 8.78 Å². The minimum absolute atomic E-state index is 0.110. The lowest BCUT2D eigenvalue weighted by Crippen LogP contribution is -2.31. The van der Waals surface area contributed by atoms with Crippen molar-refractivity contribution in [1.82, 2.24) is 0 Å². The van der Waals surface area contributed by atoms with Crippen LogP contribution >= 0.6 is 15.9 Å². The molecule has 17 heavy (non-hydrogen) atoms. The van der Waals surface area contributed by atoms with Crippen molar-refractivity contribution in [1.29, 1.82) is 0 Å². The molecular formula is C13H16BrF2N. The number of hydrogen-bond donors (Lipinski definition) is 1. The highest BCUT2D eigenvalue weighted by Crippen LogP contribution is 2.30. The molecule has 0 aromatic heterocycles. The standard InChI is InChI=1S/C13H16BrF2N/c14-10-5-6-11(15)9(13(10)16)7-12(17)8-3-1-2-4-8/h5-6,8,12H,1-4,7,17H2. The second-order valence-electron chi connectivity index (χ2n) is 4.73. The van der Waals surface area contributed by atoms with Gasteiger partial charge in [-0.25, -0.2) is 8.78 Å². The normalized spacial score (nSPS) is 18.6. The van der Waals surface area contributed by atoms with Crippen molar-refractivity contribution in [2.75, 3.05) is 0 Å². The predicted octanol–water partition coefficient (Wildman–Crippen LogP) is 3.79. The highest BCUT2D eigenvalue weighted by atomic mass is 79.9. The minimum Gasteiger partial charge on any atom is -0.327 e. The van der Waals surface area contributed by atoms with Crippen LogP contribution in [0.2, 0.25) is 0 Å². The van der Waals surface area contributed by atoms with E-state index >= 15 is 0 Å². The van der Waals surface area contributed by atoms with E-state index < -0.39 is 11.6 Å². The van der Waals surface area contributed by atoms with E-state index in [0.717, 1.165) is 12.8 Å². The van der Waals surface area contributed by atoms with Gasteiger partial charge in [0.2, 0.25) is 0 Å². The molecule has 1 saturated carbocycles. The maximum Gasteiger partial charge on any atom is 0.143 e. The fourth-order valence-corrected chi connectivity index (χ4v) is 2.92. The topological polar surface area (TPSA) is 26.0 Å². The molecule has 1 unspecified atom stereocenters. The second-order valence-corrected chi connectivity index (χ2v) is 5.59. The van der Waals surface area contributed by atoms with E-state index in [1.54, 1.807) is 0 Å². The summed E-state index contributed by atoms with van der Waals surface area (Å²) in [6.07, 6.45) is 4.81. The molecule has 0 amide bonds. The van der Waals surface area contributed by atoms with E-state index in [4.69, 9.17) is 5.73 Å². The van der Waals surface area contributed by atoms with Gasteiger partial charge in [0.15, 0.2) is 0 Å². The minimum atomic E-state index is -0.515. The zero-order valence-corrected chi connectivity index (χ0v) is 11.1. The largest absolute Gasteiger partial charge is 0.327 e. The van der Waals surface area contributed by atoms with Crippen LogP contribution in [0.1, 0.15) is 31.2 Å². The van der Waals surface area contributed by atoms with Crippen LogP contribution in [-0.4, -0.2) is 6.04 Å². The molecule has 1 nitrogen and oxygen atoms in total. The van der Waals surface area contributed by atoms with Crippen molar-refractivity contribution in [3.63, 3.8) is 0 Å². The van der Waals surface area contributed by atoms with Crippen LogP contribution in [0.15, 0.2) is 16.6 Å². The molecule has 1 aromatic carbocycles. The maximum absolute atomic E-state index is 13.8. The molecule has 0 bridgehead atoms. The molecule has 1 aliphatic carbocycles. The number of benzene rings is 1. The van der Waals surface area contributed by atoms with Gasteiger partial charge in [0.25, 0.3) is 0 Å². The fraction of sp³-hybridized carbons (Fsp3) is 0.538. The number of hydrogen-bond acceptors (Lipinski definition) is 1. The lowest BCUT2D eigenvalue weighted by atomic mass is 9.92. The van der Waals surface area contributed by atoms with Crippen molar-refractivity contribution >= 4 is 15.9 Å². The Morgan fingerprint density at radius 2 is 1.94 bits per heavy atom. The van der Waals surface area contributed by atoms with Crippen molar-refractivity contribution in [3.8, 4) is 0 Å². The lowest BCUT2D eigenvalue weighted by Gasteiger charge is -2.19. The molecule has 4 heteroatoms. The first-order valence-electron chi connectivity index (χ1n) is 5.97. The maximum atomic E-state index is 13.8. The Hall–Kier alpha value is -0.480. The van der Waals surface area contributed by atoms with E-state index in [2.05, 4.69) is 15.9 Å². The zero-order chi connectivity index (χ0) is 12.4. The number of rotatable bonds is 3. The second kappa shape index (κ2) is 5.44. The van der Waals surface area contributed by atoms with Crippen LogP contribution < -0.4 is 5.73 Å². The summed E-state index contributed by atoms with van der Waals surface area (Å²) in [5, 5.41) is 0. The summed E-state index contributed by atoms with van der Waals surface area (Å²) in [5.41, 5.74) is 6.16. The Balaban J connectivity index is 2.14. The summed E-state index contributed by atoms with van der Waals surface area (Å²) < 4.78 is 27.6. The van der Waals surface area contributed by atoms with Crippen LogP contribution in [0.25, 0.3) is 0 Å². The SMILES string of the molecule is NC(Cc1c(F)ccc(Br)c1F)C1CCCC1. The summed E-state index contributed by atoms with van der Waals surface area (Å²) in [7, 11) is 0. The third kappa shape index (κ3) is 2.86. The molecule has 2 N–H and O–H groups in total. The van der Waals surface area contributed by atoms with Gasteiger partial charge < -0.3 is 5.73 Å². The number of halogens is 3. The summed E-state index contributed by atoms with van der Waals surface area (Å²) in [5.74, 6) is -0.606. The molecule has 1 aromatic rings. The Bertz CT molecular complexity index is 403. The zero-order valence-electron chi connectivity index (χ0n) is 9.56. The van der Waals surface area contributed by atoms with Crippen LogP contribution in [0.4, 0.5) is 8.78 Å². The molecular weight excluding hydrogens is 288 g/mol. The van der Waals surface area contributed by atoms with Gasteiger partial charge in [-0.05, 0) is 53.2 Å². The quantitative estimate of drug-likeness (QED) is 0.845. The first-order valence-corrected chi connectivity index (χ1v) is 6.77. The molecule has 94 valence electrons. The summed E-state index contributed by atoms with van der Waals surface area (Å²) >= 11 is 3.07. The molecule has 0 radical (unpaired) electrons. The van der Waals surface area contributed by atoms with Gasteiger partial charge in [0.05, 0.1) is 4.47 Å². The molecule has 0 heterocycles. The molecule has 0 spiro atoms. The average molecular weight is 304 g/mol. The number of nitrogens with two attached hydrogens (primary N) is 1. The monoisotopic (exact) mass is 303 g/mol. The molecule has 1 aliphatic rings. The molecule has 1 fully saturated rings. The van der Waals surface area contributed by atoms with Crippen LogP contribution in [-0.2, 0) is 6.42 Å². The molecule has 2 rings (SSSR count). The van der Waals surface area contributed by atoms with E-state index in [-0.39, 0.29) is 18.0 Å². The van der Waals surface area contributed by atoms with Crippen molar-refractivity contribution in [2.24, 2.45) is 11.7 Å². The first kappa shape index (κ1) is 13.0. The Morgan fingerprint density at radius 3 is 2.59 bits per heavy atom. The average Bonchev–Trinajstić information content (AvgIpc) is 2.83. The summed E-state index contributed by atoms with van der Waals surface area (Å²) in [6.45, 7) is 0. The lowest BCUT2D eigenvalue weighted by molar-refractivity contribution is 0.415. The molecule has 0 saturated heterocycles. The highest BCUT2D eigenvalue weighted by Gasteiger charge is 2.24. The van der Waals surface area contributed by atoms with E-state index in [0.29, 0.717) is 10.4 Å². The van der Waals surface area contributed by atoms with E-state index in [9.17, 15) is 8.78 Å². The fourth-order valence-electron chi connectivity index (χ4n) is 2.54. The van der Waals surface area contributed by atoms with Gasteiger partial charge >= 0.3 is 0 Å². The van der Waals surface area contributed by atoms with Gasteiger partial charge in [0.1, 0.15) is 11.6 Å². The third-order valence-electron chi connectivity index (χ3n) is 3.58.